The lowest BCUT2D eigenvalue weighted by atomic mass is 9.95. The SMILES string of the molecule is Cc1cc(NC(=O)C(CC(C)C)c2nc3ccc(Cl)cc3[nH]2)ccc1C(=O)N1CCCC1. The highest BCUT2D eigenvalue weighted by atomic mass is 35.5. The van der Waals surface area contributed by atoms with E-state index < -0.39 is 5.92 Å². The minimum atomic E-state index is -0.424. The number of H-pyrrole nitrogens is 1. The average Bonchev–Trinajstić information content (AvgIpc) is 3.41. The fourth-order valence-electron chi connectivity index (χ4n) is 4.28. The molecule has 3 aromatic rings. The molecule has 7 heteroatoms. The van der Waals surface area contributed by atoms with Crippen molar-refractivity contribution in [2.45, 2.75) is 46.0 Å². The standard InChI is InChI=1S/C25H29ClN4O2/c1-15(2)12-20(23-28-21-9-6-17(26)14-22(21)29-23)24(31)27-18-7-8-19(16(3)13-18)25(32)30-10-4-5-11-30/h6-9,13-15,20H,4-5,10-12H2,1-3H3,(H,27,31)(H,28,29). The zero-order valence-electron chi connectivity index (χ0n) is 18.7. The molecule has 1 saturated heterocycles. The van der Waals surface area contributed by atoms with Crippen LogP contribution in [0.4, 0.5) is 5.69 Å². The van der Waals surface area contributed by atoms with Gasteiger partial charge in [0.05, 0.1) is 17.0 Å². The van der Waals surface area contributed by atoms with E-state index in [9.17, 15) is 9.59 Å². The van der Waals surface area contributed by atoms with Crippen LogP contribution >= 0.6 is 11.6 Å². The summed E-state index contributed by atoms with van der Waals surface area (Å²) in [4.78, 5) is 35.8. The fourth-order valence-corrected chi connectivity index (χ4v) is 4.45. The number of hydrogen-bond donors (Lipinski definition) is 2. The van der Waals surface area contributed by atoms with Crippen molar-refractivity contribution >= 4 is 40.1 Å². The minimum Gasteiger partial charge on any atom is -0.341 e. The lowest BCUT2D eigenvalue weighted by Crippen LogP contribution is -2.28. The zero-order chi connectivity index (χ0) is 22.8. The molecule has 0 bridgehead atoms. The molecular weight excluding hydrogens is 424 g/mol. The summed E-state index contributed by atoms with van der Waals surface area (Å²) in [6, 6.07) is 10.9. The number of fused-ring (bicyclic) bond motifs is 1. The molecule has 2 N–H and O–H groups in total. The molecule has 1 aliphatic heterocycles. The Morgan fingerprint density at radius 2 is 1.91 bits per heavy atom. The number of aryl methyl sites for hydroxylation is 1. The van der Waals surface area contributed by atoms with Gasteiger partial charge in [0.15, 0.2) is 0 Å². The lowest BCUT2D eigenvalue weighted by Gasteiger charge is -2.19. The summed E-state index contributed by atoms with van der Waals surface area (Å²) in [7, 11) is 0. The highest BCUT2D eigenvalue weighted by Gasteiger charge is 2.26. The number of carbonyl (C=O) groups is 2. The highest BCUT2D eigenvalue weighted by Crippen LogP contribution is 2.28. The van der Waals surface area contributed by atoms with Gasteiger partial charge in [0.1, 0.15) is 5.82 Å². The van der Waals surface area contributed by atoms with Crippen molar-refractivity contribution in [1.29, 1.82) is 0 Å². The summed E-state index contributed by atoms with van der Waals surface area (Å²) in [5.74, 6) is 0.460. The molecule has 2 heterocycles. The molecule has 32 heavy (non-hydrogen) atoms. The lowest BCUT2D eigenvalue weighted by molar-refractivity contribution is -0.118. The van der Waals surface area contributed by atoms with E-state index in [4.69, 9.17) is 11.6 Å². The Bertz CT molecular complexity index is 1150. The van der Waals surface area contributed by atoms with E-state index in [-0.39, 0.29) is 11.8 Å². The van der Waals surface area contributed by atoms with Crippen LogP contribution in [0.5, 0.6) is 0 Å². The van der Waals surface area contributed by atoms with Crippen LogP contribution in [0.2, 0.25) is 5.02 Å². The molecule has 0 aliphatic carbocycles. The molecule has 1 fully saturated rings. The Hall–Kier alpha value is -2.86. The van der Waals surface area contributed by atoms with Crippen LogP contribution in [0.25, 0.3) is 11.0 Å². The summed E-state index contributed by atoms with van der Waals surface area (Å²) in [6.07, 6.45) is 2.78. The molecule has 6 nitrogen and oxygen atoms in total. The second-order valence-corrected chi connectivity index (χ2v) is 9.42. The van der Waals surface area contributed by atoms with Crippen molar-refractivity contribution in [2.24, 2.45) is 5.92 Å². The first-order valence-corrected chi connectivity index (χ1v) is 11.6. The van der Waals surface area contributed by atoms with Crippen molar-refractivity contribution in [1.82, 2.24) is 14.9 Å². The van der Waals surface area contributed by atoms with Crippen molar-refractivity contribution in [3.63, 3.8) is 0 Å². The second kappa shape index (κ2) is 9.33. The Kier molecular flexibility index (Phi) is 6.51. The highest BCUT2D eigenvalue weighted by molar-refractivity contribution is 6.31. The van der Waals surface area contributed by atoms with Crippen molar-refractivity contribution < 1.29 is 9.59 Å². The molecule has 168 valence electrons. The quantitative estimate of drug-likeness (QED) is 0.516. The summed E-state index contributed by atoms with van der Waals surface area (Å²) in [6.45, 7) is 7.71. The number of halogens is 1. The van der Waals surface area contributed by atoms with Gasteiger partial charge in [-0.15, -0.1) is 0 Å². The third kappa shape index (κ3) is 4.80. The number of hydrogen-bond acceptors (Lipinski definition) is 3. The van der Waals surface area contributed by atoms with Gasteiger partial charge < -0.3 is 15.2 Å². The first kappa shape index (κ1) is 22.3. The monoisotopic (exact) mass is 452 g/mol. The van der Waals surface area contributed by atoms with Crippen molar-refractivity contribution in [2.75, 3.05) is 18.4 Å². The molecule has 4 rings (SSSR count). The second-order valence-electron chi connectivity index (χ2n) is 8.98. The number of nitrogens with zero attached hydrogens (tertiary/aromatic N) is 2. The normalized spacial score (nSPS) is 14.8. The Balaban J connectivity index is 1.55. The van der Waals surface area contributed by atoms with Gasteiger partial charge in [-0.25, -0.2) is 4.98 Å². The molecule has 0 radical (unpaired) electrons. The smallest absolute Gasteiger partial charge is 0.254 e. The van der Waals surface area contributed by atoms with Gasteiger partial charge in [0.25, 0.3) is 5.91 Å². The average molecular weight is 453 g/mol. The van der Waals surface area contributed by atoms with Crippen LogP contribution in [0, 0.1) is 12.8 Å². The van der Waals surface area contributed by atoms with Gasteiger partial charge in [0.2, 0.25) is 5.91 Å². The molecule has 1 unspecified atom stereocenters. The van der Waals surface area contributed by atoms with Gasteiger partial charge in [-0.2, -0.15) is 0 Å². The van der Waals surface area contributed by atoms with E-state index in [2.05, 4.69) is 29.1 Å². The van der Waals surface area contributed by atoms with E-state index in [1.54, 1.807) is 12.1 Å². The van der Waals surface area contributed by atoms with Gasteiger partial charge in [-0.1, -0.05) is 25.4 Å². The van der Waals surface area contributed by atoms with Crippen molar-refractivity contribution in [3.8, 4) is 0 Å². The van der Waals surface area contributed by atoms with Gasteiger partial charge in [-0.05, 0) is 74.1 Å². The molecule has 0 saturated carbocycles. The maximum Gasteiger partial charge on any atom is 0.254 e. The number of imidazole rings is 1. The number of aromatic nitrogens is 2. The Morgan fingerprint density at radius 1 is 1.16 bits per heavy atom. The van der Waals surface area contributed by atoms with Gasteiger partial charge >= 0.3 is 0 Å². The van der Waals surface area contributed by atoms with E-state index in [0.717, 1.165) is 42.5 Å². The number of amides is 2. The van der Waals surface area contributed by atoms with Crippen LogP contribution < -0.4 is 5.32 Å². The molecular formula is C25H29ClN4O2. The van der Waals surface area contributed by atoms with Gasteiger partial charge in [-0.3, -0.25) is 9.59 Å². The van der Waals surface area contributed by atoms with E-state index >= 15 is 0 Å². The number of carbonyl (C=O) groups excluding carboxylic acids is 2. The Morgan fingerprint density at radius 3 is 2.59 bits per heavy atom. The van der Waals surface area contributed by atoms with E-state index in [0.29, 0.717) is 34.4 Å². The van der Waals surface area contributed by atoms with Crippen molar-refractivity contribution in [3.05, 3.63) is 58.4 Å². The number of likely N-dealkylation sites (tertiary alicyclic amines) is 1. The summed E-state index contributed by atoms with van der Waals surface area (Å²) >= 11 is 6.10. The van der Waals surface area contributed by atoms with Crippen LogP contribution in [0.3, 0.4) is 0 Å². The first-order chi connectivity index (χ1) is 15.3. The largest absolute Gasteiger partial charge is 0.341 e. The topological polar surface area (TPSA) is 78.1 Å². The predicted molar refractivity (Wildman–Crippen MR) is 128 cm³/mol. The number of anilines is 1. The van der Waals surface area contributed by atoms with Gasteiger partial charge in [0, 0.05) is 29.4 Å². The van der Waals surface area contributed by atoms with E-state index in [1.165, 1.54) is 0 Å². The minimum absolute atomic E-state index is 0.0662. The maximum absolute atomic E-state index is 13.3. The first-order valence-electron chi connectivity index (χ1n) is 11.2. The molecule has 0 spiro atoms. The van der Waals surface area contributed by atoms with Crippen LogP contribution in [0.15, 0.2) is 36.4 Å². The summed E-state index contributed by atoms with van der Waals surface area (Å²) in [5, 5.41) is 3.65. The maximum atomic E-state index is 13.3. The van der Waals surface area contributed by atoms with Crippen LogP contribution in [-0.4, -0.2) is 39.8 Å². The molecule has 2 amide bonds. The fraction of sp³-hybridized carbons (Fsp3) is 0.400. The molecule has 1 aliphatic rings. The number of benzene rings is 2. The number of rotatable bonds is 6. The molecule has 1 aromatic heterocycles. The predicted octanol–water partition coefficient (Wildman–Crippen LogP) is 5.53. The Labute approximate surface area is 193 Å². The van der Waals surface area contributed by atoms with Crippen LogP contribution in [-0.2, 0) is 4.79 Å². The summed E-state index contributed by atoms with van der Waals surface area (Å²) in [5.41, 5.74) is 3.83. The number of nitrogens with one attached hydrogen (secondary N) is 2. The number of aromatic amines is 1. The molecule has 2 aromatic carbocycles. The molecule has 1 atom stereocenters. The summed E-state index contributed by atoms with van der Waals surface area (Å²) < 4.78 is 0. The third-order valence-corrected chi connectivity index (χ3v) is 6.17. The van der Waals surface area contributed by atoms with Crippen LogP contribution in [0.1, 0.15) is 60.8 Å². The van der Waals surface area contributed by atoms with E-state index in [1.807, 2.05) is 36.1 Å². The third-order valence-electron chi connectivity index (χ3n) is 5.93. The zero-order valence-corrected chi connectivity index (χ0v) is 19.5.